The maximum Gasteiger partial charge on any atom is 0.241 e. The first kappa shape index (κ1) is 11.1. The Kier molecular flexibility index (Phi) is 2.66. The quantitative estimate of drug-likeness (QED) is 0.756. The first-order valence-corrected chi connectivity index (χ1v) is 7.12. The third kappa shape index (κ3) is 1.86. The summed E-state index contributed by atoms with van der Waals surface area (Å²) >= 11 is 1.79. The molecule has 1 fully saturated rings. The number of benzene rings is 1. The molecule has 1 spiro atoms. The molecule has 90 valence electrons. The van der Waals surface area contributed by atoms with Crippen LogP contribution in [0.1, 0.15) is 37.7 Å². The Bertz CT molecular complexity index is 463. The van der Waals surface area contributed by atoms with E-state index in [0.29, 0.717) is 0 Å². The Morgan fingerprint density at radius 3 is 2.76 bits per heavy atom. The Morgan fingerprint density at radius 2 is 2.00 bits per heavy atom. The van der Waals surface area contributed by atoms with E-state index in [1.165, 1.54) is 29.7 Å². The van der Waals surface area contributed by atoms with E-state index in [0.717, 1.165) is 18.5 Å². The van der Waals surface area contributed by atoms with Crippen LogP contribution in [0.4, 0.5) is 5.69 Å². The number of fused-ring (bicyclic) bond motifs is 1. The van der Waals surface area contributed by atoms with Gasteiger partial charge in [0.2, 0.25) is 5.91 Å². The molecule has 3 rings (SSSR count). The van der Waals surface area contributed by atoms with Crippen LogP contribution in [-0.2, 0) is 4.79 Å². The highest BCUT2D eigenvalue weighted by atomic mass is 32.2. The van der Waals surface area contributed by atoms with E-state index in [9.17, 15) is 4.79 Å². The average Bonchev–Trinajstić information content (AvgIpc) is 2.33. The number of carbonyl (C=O) groups excluding carboxylic acids is 1. The summed E-state index contributed by atoms with van der Waals surface area (Å²) < 4.78 is -0.180. The van der Waals surface area contributed by atoms with E-state index in [4.69, 9.17) is 0 Å². The zero-order chi connectivity index (χ0) is 11.9. The summed E-state index contributed by atoms with van der Waals surface area (Å²) in [6.07, 6.45) is 5.69. The zero-order valence-electron chi connectivity index (χ0n) is 10.1. The Morgan fingerprint density at radius 1 is 1.24 bits per heavy atom. The molecule has 1 aromatic rings. The maximum atomic E-state index is 12.3. The van der Waals surface area contributed by atoms with Gasteiger partial charge in [0.1, 0.15) is 0 Å². The first-order valence-electron chi connectivity index (χ1n) is 6.31. The molecule has 2 aliphatic rings. The number of anilines is 1. The highest BCUT2D eigenvalue weighted by Crippen LogP contribution is 2.49. The maximum absolute atomic E-state index is 12.3. The van der Waals surface area contributed by atoms with Crippen molar-refractivity contribution in [1.29, 1.82) is 0 Å². The van der Waals surface area contributed by atoms with Gasteiger partial charge in [-0.1, -0.05) is 25.3 Å². The van der Waals surface area contributed by atoms with E-state index in [1.807, 2.05) is 0 Å². The predicted molar refractivity (Wildman–Crippen MR) is 71.5 cm³/mol. The van der Waals surface area contributed by atoms with E-state index in [-0.39, 0.29) is 10.7 Å². The number of hydrogen-bond acceptors (Lipinski definition) is 2. The number of carbonyl (C=O) groups is 1. The molecule has 17 heavy (non-hydrogen) atoms. The molecule has 0 saturated heterocycles. The minimum atomic E-state index is -0.180. The molecule has 1 saturated carbocycles. The second-order valence-electron chi connectivity index (χ2n) is 5.11. The fourth-order valence-electron chi connectivity index (χ4n) is 2.78. The van der Waals surface area contributed by atoms with Crippen LogP contribution >= 0.6 is 11.8 Å². The SMILES string of the molecule is Cc1ccc2c(c1)NC(=O)C1(CCCCC1)S2. The van der Waals surface area contributed by atoms with Crippen molar-refractivity contribution in [2.24, 2.45) is 0 Å². The van der Waals surface area contributed by atoms with Crippen molar-refractivity contribution in [2.45, 2.75) is 48.7 Å². The lowest BCUT2D eigenvalue weighted by Gasteiger charge is -2.39. The Labute approximate surface area is 106 Å². The van der Waals surface area contributed by atoms with Gasteiger partial charge < -0.3 is 5.32 Å². The van der Waals surface area contributed by atoms with Crippen molar-refractivity contribution in [3.8, 4) is 0 Å². The lowest BCUT2D eigenvalue weighted by atomic mass is 9.87. The van der Waals surface area contributed by atoms with Gasteiger partial charge in [-0.3, -0.25) is 4.79 Å². The molecule has 1 aliphatic carbocycles. The monoisotopic (exact) mass is 247 g/mol. The summed E-state index contributed by atoms with van der Waals surface area (Å²) in [5.74, 6) is 0.223. The van der Waals surface area contributed by atoms with Crippen molar-refractivity contribution >= 4 is 23.4 Å². The second-order valence-corrected chi connectivity index (χ2v) is 6.54. The number of rotatable bonds is 0. The van der Waals surface area contributed by atoms with Crippen LogP contribution in [-0.4, -0.2) is 10.7 Å². The molecule has 1 amide bonds. The third-order valence-electron chi connectivity index (χ3n) is 3.76. The minimum Gasteiger partial charge on any atom is -0.324 e. The van der Waals surface area contributed by atoms with Gasteiger partial charge in [0.25, 0.3) is 0 Å². The van der Waals surface area contributed by atoms with Gasteiger partial charge in [-0.15, -0.1) is 11.8 Å². The van der Waals surface area contributed by atoms with Gasteiger partial charge in [0.05, 0.1) is 10.4 Å². The first-order chi connectivity index (χ1) is 8.20. The number of aryl methyl sites for hydroxylation is 1. The molecule has 1 aromatic carbocycles. The fourth-order valence-corrected chi connectivity index (χ4v) is 4.19. The largest absolute Gasteiger partial charge is 0.324 e. The van der Waals surface area contributed by atoms with Crippen LogP contribution in [0.15, 0.2) is 23.1 Å². The van der Waals surface area contributed by atoms with Gasteiger partial charge >= 0.3 is 0 Å². The summed E-state index contributed by atoms with van der Waals surface area (Å²) in [5, 5.41) is 3.10. The summed E-state index contributed by atoms with van der Waals surface area (Å²) in [6.45, 7) is 2.06. The topological polar surface area (TPSA) is 29.1 Å². The summed E-state index contributed by atoms with van der Waals surface area (Å²) in [7, 11) is 0. The van der Waals surface area contributed by atoms with E-state index in [2.05, 4.69) is 30.4 Å². The number of nitrogens with one attached hydrogen (secondary N) is 1. The van der Waals surface area contributed by atoms with Gasteiger partial charge in [-0.25, -0.2) is 0 Å². The average molecular weight is 247 g/mol. The van der Waals surface area contributed by atoms with Crippen molar-refractivity contribution < 1.29 is 4.79 Å². The zero-order valence-corrected chi connectivity index (χ0v) is 10.9. The fraction of sp³-hybridized carbons (Fsp3) is 0.500. The van der Waals surface area contributed by atoms with Crippen LogP contribution in [0.2, 0.25) is 0 Å². The summed E-state index contributed by atoms with van der Waals surface area (Å²) in [6, 6.07) is 6.33. The van der Waals surface area contributed by atoms with Crippen molar-refractivity contribution in [1.82, 2.24) is 0 Å². The van der Waals surface area contributed by atoms with Crippen LogP contribution in [0, 0.1) is 6.92 Å². The molecule has 0 bridgehead atoms. The molecule has 0 radical (unpaired) electrons. The normalized spacial score (nSPS) is 22.1. The van der Waals surface area contributed by atoms with Gasteiger partial charge in [-0.05, 0) is 37.5 Å². The molecular formula is C14H17NOS. The Balaban J connectivity index is 1.97. The molecular weight excluding hydrogens is 230 g/mol. The molecule has 0 aromatic heterocycles. The van der Waals surface area contributed by atoms with Crippen LogP contribution in [0.5, 0.6) is 0 Å². The molecule has 3 heteroatoms. The smallest absolute Gasteiger partial charge is 0.241 e. The van der Waals surface area contributed by atoms with Crippen LogP contribution < -0.4 is 5.32 Å². The lowest BCUT2D eigenvalue weighted by molar-refractivity contribution is -0.119. The van der Waals surface area contributed by atoms with E-state index >= 15 is 0 Å². The van der Waals surface area contributed by atoms with Crippen LogP contribution in [0.3, 0.4) is 0 Å². The minimum absolute atomic E-state index is 0.180. The van der Waals surface area contributed by atoms with E-state index < -0.39 is 0 Å². The van der Waals surface area contributed by atoms with Crippen molar-refractivity contribution in [2.75, 3.05) is 5.32 Å². The predicted octanol–water partition coefficient (Wildman–Crippen LogP) is 3.74. The Hall–Kier alpha value is -0.960. The molecule has 1 aliphatic heterocycles. The number of hydrogen-bond donors (Lipinski definition) is 1. The third-order valence-corrected chi connectivity index (χ3v) is 5.32. The molecule has 0 unspecified atom stereocenters. The molecule has 0 atom stereocenters. The molecule has 1 heterocycles. The van der Waals surface area contributed by atoms with Gasteiger partial charge in [0, 0.05) is 4.90 Å². The van der Waals surface area contributed by atoms with Crippen molar-refractivity contribution in [3.05, 3.63) is 23.8 Å². The van der Waals surface area contributed by atoms with Crippen LogP contribution in [0.25, 0.3) is 0 Å². The number of amides is 1. The van der Waals surface area contributed by atoms with E-state index in [1.54, 1.807) is 11.8 Å². The van der Waals surface area contributed by atoms with Gasteiger partial charge in [-0.2, -0.15) is 0 Å². The standard InChI is InChI=1S/C14H17NOS/c1-10-5-6-12-11(9-10)15-13(16)14(17-12)7-3-2-4-8-14/h5-6,9H,2-4,7-8H2,1H3,(H,15,16). The molecule has 1 N–H and O–H groups in total. The lowest BCUT2D eigenvalue weighted by Crippen LogP contribution is -2.44. The summed E-state index contributed by atoms with van der Waals surface area (Å²) in [5.41, 5.74) is 2.19. The summed E-state index contributed by atoms with van der Waals surface area (Å²) in [4.78, 5) is 13.5. The second kappa shape index (κ2) is 4.05. The highest BCUT2D eigenvalue weighted by molar-refractivity contribution is 8.01. The molecule has 2 nitrogen and oxygen atoms in total. The number of thioether (sulfide) groups is 1. The van der Waals surface area contributed by atoms with Crippen molar-refractivity contribution in [3.63, 3.8) is 0 Å². The van der Waals surface area contributed by atoms with Gasteiger partial charge in [0.15, 0.2) is 0 Å². The highest BCUT2D eigenvalue weighted by Gasteiger charge is 2.43.